The molecule has 0 saturated carbocycles. The number of benzene rings is 1. The minimum Gasteiger partial charge on any atom is -0.385 e. The van der Waals surface area contributed by atoms with Crippen LogP contribution < -0.4 is 0 Å². The second kappa shape index (κ2) is 6.21. The summed E-state index contributed by atoms with van der Waals surface area (Å²) in [5.41, 5.74) is 4.41. The third-order valence-corrected chi connectivity index (χ3v) is 8.65. The summed E-state index contributed by atoms with van der Waals surface area (Å²) in [5, 5.41) is 10.6. The van der Waals surface area contributed by atoms with Crippen LogP contribution in [0.5, 0.6) is 0 Å². The van der Waals surface area contributed by atoms with Crippen LogP contribution in [0.4, 0.5) is 0 Å². The zero-order valence-corrected chi connectivity index (χ0v) is 15.4. The van der Waals surface area contributed by atoms with Crippen molar-refractivity contribution in [2.45, 2.75) is 58.4 Å². The topological polar surface area (TPSA) is 20.2 Å². The van der Waals surface area contributed by atoms with Gasteiger partial charge in [-0.1, -0.05) is 70.1 Å². The summed E-state index contributed by atoms with van der Waals surface area (Å²) in [5.74, 6) is 3.28. The van der Waals surface area contributed by atoms with E-state index in [-0.39, 0.29) is 5.04 Å². The van der Waals surface area contributed by atoms with Crippen molar-refractivity contribution in [2.24, 2.45) is 0 Å². The van der Waals surface area contributed by atoms with Crippen molar-refractivity contribution in [2.75, 3.05) is 0 Å². The summed E-state index contributed by atoms with van der Waals surface area (Å²) >= 11 is 0. The zero-order valence-electron chi connectivity index (χ0n) is 14.4. The molecule has 114 valence electrons. The van der Waals surface area contributed by atoms with Gasteiger partial charge >= 0.3 is 0 Å². The Balaban J connectivity index is 3.23. The van der Waals surface area contributed by atoms with E-state index in [0.717, 1.165) is 11.1 Å². The average Bonchev–Trinajstić information content (AvgIpc) is 2.33. The first-order valence-corrected chi connectivity index (χ1v) is 10.5. The van der Waals surface area contributed by atoms with Crippen molar-refractivity contribution in [1.29, 1.82) is 0 Å². The van der Waals surface area contributed by atoms with Crippen LogP contribution in [-0.2, 0) is 0 Å². The van der Waals surface area contributed by atoms with E-state index in [1.807, 2.05) is 36.4 Å². The summed E-state index contributed by atoms with van der Waals surface area (Å²) in [6, 6.07) is 10.0. The Bertz CT molecular complexity index is 558. The molecule has 0 bridgehead atoms. The molecule has 0 aliphatic carbocycles. The molecule has 0 fully saturated rings. The third-order valence-electron chi connectivity index (χ3n) is 4.15. The van der Waals surface area contributed by atoms with Crippen LogP contribution in [0.15, 0.2) is 35.9 Å². The molecule has 0 aromatic heterocycles. The Morgan fingerprint density at radius 3 is 2.00 bits per heavy atom. The molecular weight excluding hydrogens is 272 g/mol. The van der Waals surface area contributed by atoms with Crippen molar-refractivity contribution in [3.05, 3.63) is 41.5 Å². The molecule has 1 rings (SSSR count). The fraction of sp³-hybridized carbons (Fsp3) is 0.474. The molecule has 0 unspecified atom stereocenters. The molecule has 1 N–H and O–H groups in total. The highest BCUT2D eigenvalue weighted by Gasteiger charge is 2.34. The van der Waals surface area contributed by atoms with Gasteiger partial charge in [-0.2, -0.15) is 0 Å². The zero-order chi connectivity index (χ0) is 16.3. The highest BCUT2D eigenvalue weighted by atomic mass is 28.3. The van der Waals surface area contributed by atoms with E-state index in [4.69, 9.17) is 0 Å². The molecule has 0 saturated heterocycles. The molecule has 0 radical (unpaired) electrons. The van der Waals surface area contributed by atoms with Gasteiger partial charge < -0.3 is 5.11 Å². The van der Waals surface area contributed by atoms with Crippen LogP contribution in [0.3, 0.4) is 0 Å². The molecule has 2 heteroatoms. The van der Waals surface area contributed by atoms with E-state index in [0.29, 0.717) is 0 Å². The molecular formula is C19H28OSi. The largest absolute Gasteiger partial charge is 0.385 e. The van der Waals surface area contributed by atoms with Gasteiger partial charge in [-0.3, -0.25) is 0 Å². The maximum absolute atomic E-state index is 10.4. The van der Waals surface area contributed by atoms with Crippen LogP contribution in [0.25, 0.3) is 6.08 Å². The fourth-order valence-electron chi connectivity index (χ4n) is 1.49. The lowest BCUT2D eigenvalue weighted by molar-refractivity contribution is 0.126. The summed E-state index contributed by atoms with van der Waals surface area (Å²) in [6.45, 7) is 14.9. The molecule has 1 aromatic rings. The average molecular weight is 301 g/mol. The Kier molecular flexibility index (Phi) is 5.25. The van der Waals surface area contributed by atoms with E-state index in [1.165, 1.54) is 0 Å². The van der Waals surface area contributed by atoms with Crippen molar-refractivity contribution in [3.8, 4) is 11.5 Å². The minimum atomic E-state index is -1.68. The summed E-state index contributed by atoms with van der Waals surface area (Å²) in [6.07, 6.45) is 1.99. The van der Waals surface area contributed by atoms with Crippen LogP contribution in [-0.4, -0.2) is 18.8 Å². The minimum absolute atomic E-state index is 0.220. The van der Waals surface area contributed by atoms with Gasteiger partial charge in [0.1, 0.15) is 8.07 Å². The van der Waals surface area contributed by atoms with Gasteiger partial charge in [0.25, 0.3) is 0 Å². The van der Waals surface area contributed by atoms with Crippen molar-refractivity contribution < 1.29 is 5.11 Å². The first-order chi connectivity index (χ1) is 9.43. The molecule has 0 spiro atoms. The van der Waals surface area contributed by atoms with Crippen LogP contribution in [0.2, 0.25) is 18.1 Å². The summed E-state index contributed by atoms with van der Waals surface area (Å²) in [4.78, 5) is 0. The Labute approximate surface area is 131 Å². The molecule has 0 aliphatic rings. The number of rotatable bonds is 2. The molecule has 0 atom stereocenters. The van der Waals surface area contributed by atoms with Crippen molar-refractivity contribution in [3.63, 3.8) is 0 Å². The van der Waals surface area contributed by atoms with Gasteiger partial charge in [0, 0.05) is 5.57 Å². The van der Waals surface area contributed by atoms with Gasteiger partial charge in [0.15, 0.2) is 0 Å². The normalized spacial score (nSPS) is 13.6. The maximum atomic E-state index is 10.4. The monoisotopic (exact) mass is 300 g/mol. The quantitative estimate of drug-likeness (QED) is 0.609. The predicted molar refractivity (Wildman–Crippen MR) is 95.7 cm³/mol. The smallest absolute Gasteiger partial charge is 0.138 e. The standard InChI is InChI=1S/C19H28OSi/c1-18(2,3)21(6,7)14-13-17(19(4,5)20)15-16-11-9-8-10-12-16/h8-12,15,20H,1-7H3/b17-15-. The molecule has 1 aromatic carbocycles. The van der Waals surface area contributed by atoms with Gasteiger partial charge in [-0.15, -0.1) is 5.54 Å². The second-order valence-electron chi connectivity index (χ2n) is 7.65. The van der Waals surface area contributed by atoms with Gasteiger partial charge in [0.2, 0.25) is 0 Å². The van der Waals surface area contributed by atoms with Crippen molar-refractivity contribution >= 4 is 14.1 Å². The second-order valence-corrected chi connectivity index (χ2v) is 12.7. The maximum Gasteiger partial charge on any atom is 0.138 e. The molecule has 0 amide bonds. The Hall–Kier alpha value is -1.30. The van der Waals surface area contributed by atoms with E-state index in [2.05, 4.69) is 45.3 Å². The van der Waals surface area contributed by atoms with Gasteiger partial charge in [-0.05, 0) is 30.5 Å². The molecule has 1 nitrogen and oxygen atoms in total. The first kappa shape index (κ1) is 17.7. The first-order valence-electron chi connectivity index (χ1n) is 7.46. The van der Waals surface area contributed by atoms with Crippen molar-refractivity contribution in [1.82, 2.24) is 0 Å². The van der Waals surface area contributed by atoms with E-state index >= 15 is 0 Å². The van der Waals surface area contributed by atoms with E-state index < -0.39 is 13.7 Å². The lowest BCUT2D eigenvalue weighted by Crippen LogP contribution is -2.36. The summed E-state index contributed by atoms with van der Waals surface area (Å²) < 4.78 is 0. The molecule has 0 aliphatic heterocycles. The van der Waals surface area contributed by atoms with Gasteiger partial charge in [0.05, 0.1) is 5.60 Å². The van der Waals surface area contributed by atoms with Crippen LogP contribution in [0.1, 0.15) is 40.2 Å². The third kappa shape index (κ3) is 5.19. The number of aliphatic hydroxyl groups is 1. The number of hydrogen-bond acceptors (Lipinski definition) is 1. The summed E-state index contributed by atoms with van der Waals surface area (Å²) in [7, 11) is -1.68. The fourth-order valence-corrected chi connectivity index (χ4v) is 2.31. The highest BCUT2D eigenvalue weighted by molar-refractivity contribution is 6.87. The number of hydrogen-bond donors (Lipinski definition) is 1. The Morgan fingerprint density at radius 1 is 1.05 bits per heavy atom. The molecule has 0 heterocycles. The highest BCUT2D eigenvalue weighted by Crippen LogP contribution is 2.35. The van der Waals surface area contributed by atoms with Crippen LogP contribution >= 0.6 is 0 Å². The SMILES string of the molecule is CC(C)(O)/C(C#C[Si](C)(C)C(C)(C)C)=C\c1ccccc1. The Morgan fingerprint density at radius 2 is 1.57 bits per heavy atom. The van der Waals surface area contributed by atoms with Crippen LogP contribution in [0, 0.1) is 11.5 Å². The van der Waals surface area contributed by atoms with Gasteiger partial charge in [-0.25, -0.2) is 0 Å². The molecule has 21 heavy (non-hydrogen) atoms. The lowest BCUT2D eigenvalue weighted by Gasteiger charge is -2.31. The van der Waals surface area contributed by atoms with E-state index in [9.17, 15) is 5.11 Å². The van der Waals surface area contributed by atoms with E-state index in [1.54, 1.807) is 13.8 Å². The lowest BCUT2D eigenvalue weighted by atomic mass is 9.96. The predicted octanol–water partition coefficient (Wildman–Crippen LogP) is 4.89.